The van der Waals surface area contributed by atoms with Crippen LogP contribution in [-0.2, 0) is 14.4 Å². The molecule has 1 fully saturated rings. The van der Waals surface area contributed by atoms with Crippen molar-refractivity contribution in [2.24, 2.45) is 16.7 Å². The van der Waals surface area contributed by atoms with Crippen molar-refractivity contribution >= 4 is 17.9 Å². The van der Waals surface area contributed by atoms with Crippen LogP contribution in [0.2, 0.25) is 0 Å². The summed E-state index contributed by atoms with van der Waals surface area (Å²) in [5.74, 6) is -5.28. The van der Waals surface area contributed by atoms with Crippen LogP contribution in [0.15, 0.2) is 0 Å². The minimum atomic E-state index is -1.53. The molecule has 0 saturated heterocycles. The highest BCUT2D eigenvalue weighted by atomic mass is 16.4. The molecule has 0 aromatic carbocycles. The fourth-order valence-corrected chi connectivity index (χ4v) is 2.82. The Morgan fingerprint density at radius 1 is 0.941 bits per heavy atom. The molecule has 96 valence electrons. The molecule has 6 heteroatoms. The molecule has 0 aromatic heterocycles. The van der Waals surface area contributed by atoms with Gasteiger partial charge in [-0.25, -0.2) is 0 Å². The predicted octanol–water partition coefficient (Wildman–Crippen LogP) is 1.05. The molecule has 0 amide bonds. The van der Waals surface area contributed by atoms with Crippen LogP contribution in [0.3, 0.4) is 0 Å². The maximum atomic E-state index is 11.3. The summed E-state index contributed by atoms with van der Waals surface area (Å²) in [7, 11) is 0. The first kappa shape index (κ1) is 13.5. The average molecular weight is 244 g/mol. The normalized spacial score (nSPS) is 37.4. The zero-order chi connectivity index (χ0) is 13.4. The largest absolute Gasteiger partial charge is 0.481 e. The minimum absolute atomic E-state index is 0.183. The number of hydrogen-bond acceptors (Lipinski definition) is 3. The van der Waals surface area contributed by atoms with E-state index in [4.69, 9.17) is 0 Å². The van der Waals surface area contributed by atoms with E-state index in [2.05, 4.69) is 0 Å². The van der Waals surface area contributed by atoms with Crippen molar-refractivity contribution in [3.63, 3.8) is 0 Å². The number of carboxylic acids is 3. The first-order valence-electron chi connectivity index (χ1n) is 5.36. The number of carboxylic acid groups (broad SMARTS) is 3. The van der Waals surface area contributed by atoms with Gasteiger partial charge in [0.15, 0.2) is 0 Å². The topological polar surface area (TPSA) is 112 Å². The predicted molar refractivity (Wildman–Crippen MR) is 56.5 cm³/mol. The van der Waals surface area contributed by atoms with Crippen molar-refractivity contribution in [3.05, 3.63) is 0 Å². The van der Waals surface area contributed by atoms with Crippen molar-refractivity contribution < 1.29 is 29.7 Å². The van der Waals surface area contributed by atoms with Gasteiger partial charge in [0.2, 0.25) is 0 Å². The summed E-state index contributed by atoms with van der Waals surface area (Å²) >= 11 is 0. The number of carbonyl (C=O) groups is 3. The maximum absolute atomic E-state index is 11.3. The van der Waals surface area contributed by atoms with Gasteiger partial charge >= 0.3 is 17.9 Å². The van der Waals surface area contributed by atoms with Crippen molar-refractivity contribution in [1.29, 1.82) is 0 Å². The summed E-state index contributed by atoms with van der Waals surface area (Å²) in [6.45, 7) is 2.63. The molecule has 6 nitrogen and oxygen atoms in total. The van der Waals surface area contributed by atoms with Gasteiger partial charge in [-0.2, -0.15) is 0 Å². The van der Waals surface area contributed by atoms with Crippen LogP contribution < -0.4 is 0 Å². The SMILES string of the molecule is CC1(C(=O)O)CCCC(C)(C(=O)O)C1C(=O)O. The molecule has 0 aliphatic heterocycles. The van der Waals surface area contributed by atoms with Gasteiger partial charge in [-0.3, -0.25) is 14.4 Å². The monoisotopic (exact) mass is 244 g/mol. The fourth-order valence-electron chi connectivity index (χ4n) is 2.82. The van der Waals surface area contributed by atoms with E-state index in [1.54, 1.807) is 0 Å². The van der Waals surface area contributed by atoms with Crippen LogP contribution in [0.5, 0.6) is 0 Å². The zero-order valence-electron chi connectivity index (χ0n) is 9.77. The molecule has 1 aliphatic rings. The minimum Gasteiger partial charge on any atom is -0.481 e. The van der Waals surface area contributed by atoms with Gasteiger partial charge in [0, 0.05) is 0 Å². The second-order valence-corrected chi connectivity index (χ2v) is 5.07. The van der Waals surface area contributed by atoms with Gasteiger partial charge in [0.1, 0.15) is 0 Å². The van der Waals surface area contributed by atoms with Gasteiger partial charge in [0.05, 0.1) is 16.7 Å². The first-order valence-corrected chi connectivity index (χ1v) is 5.36. The second-order valence-electron chi connectivity index (χ2n) is 5.07. The molecule has 0 aromatic rings. The van der Waals surface area contributed by atoms with E-state index in [1.165, 1.54) is 13.8 Å². The van der Waals surface area contributed by atoms with E-state index in [-0.39, 0.29) is 12.8 Å². The maximum Gasteiger partial charge on any atom is 0.310 e. The summed E-state index contributed by atoms with van der Waals surface area (Å²) in [6, 6.07) is 0. The van der Waals surface area contributed by atoms with Crippen LogP contribution in [0.25, 0.3) is 0 Å². The summed E-state index contributed by atoms with van der Waals surface area (Å²) in [6.07, 6.45) is 0.764. The molecule has 0 radical (unpaired) electrons. The number of aliphatic carboxylic acids is 3. The standard InChI is InChI=1S/C11H16O6/c1-10(8(14)15)4-3-5-11(2,9(16)17)6(10)7(12)13/h6H,3-5H2,1-2H3,(H,12,13)(H,14,15)(H,16,17). The van der Waals surface area contributed by atoms with Crippen LogP contribution >= 0.6 is 0 Å². The molecule has 2 atom stereocenters. The Kier molecular flexibility index (Phi) is 3.18. The lowest BCUT2D eigenvalue weighted by Crippen LogP contribution is -2.54. The lowest BCUT2D eigenvalue weighted by Gasteiger charge is -2.45. The molecule has 1 saturated carbocycles. The lowest BCUT2D eigenvalue weighted by molar-refractivity contribution is -0.182. The van der Waals surface area contributed by atoms with Gasteiger partial charge < -0.3 is 15.3 Å². The molecule has 1 rings (SSSR count). The highest BCUT2D eigenvalue weighted by molar-refractivity contribution is 5.89. The van der Waals surface area contributed by atoms with Gasteiger partial charge in [-0.05, 0) is 26.7 Å². The molecular formula is C11H16O6. The molecule has 1 aliphatic carbocycles. The quantitative estimate of drug-likeness (QED) is 0.684. The fraction of sp³-hybridized carbons (Fsp3) is 0.727. The third-order valence-electron chi connectivity index (χ3n) is 3.89. The average Bonchev–Trinajstić information content (AvgIpc) is 2.16. The zero-order valence-corrected chi connectivity index (χ0v) is 9.77. The number of hydrogen-bond donors (Lipinski definition) is 3. The molecule has 17 heavy (non-hydrogen) atoms. The molecule has 3 N–H and O–H groups in total. The molecular weight excluding hydrogens is 228 g/mol. The lowest BCUT2D eigenvalue weighted by atomic mass is 9.55. The number of rotatable bonds is 3. The summed E-state index contributed by atoms with van der Waals surface area (Å²) in [5, 5.41) is 27.5. The summed E-state index contributed by atoms with van der Waals surface area (Å²) in [4.78, 5) is 33.8. The van der Waals surface area contributed by atoms with E-state index in [0.29, 0.717) is 6.42 Å². The van der Waals surface area contributed by atoms with E-state index in [9.17, 15) is 29.7 Å². The first-order chi connectivity index (χ1) is 7.66. The van der Waals surface area contributed by atoms with Crippen LogP contribution in [-0.4, -0.2) is 33.2 Å². The Labute approximate surface area is 98.3 Å². The summed E-state index contributed by atoms with van der Waals surface area (Å²) in [5.41, 5.74) is -3.06. The molecule has 0 heterocycles. The van der Waals surface area contributed by atoms with E-state index < -0.39 is 34.7 Å². The van der Waals surface area contributed by atoms with E-state index >= 15 is 0 Å². The molecule has 0 spiro atoms. The Hall–Kier alpha value is -1.59. The van der Waals surface area contributed by atoms with E-state index in [1.807, 2.05) is 0 Å². The highest BCUT2D eigenvalue weighted by Crippen LogP contribution is 2.51. The Morgan fingerprint density at radius 3 is 1.53 bits per heavy atom. The second kappa shape index (κ2) is 4.01. The van der Waals surface area contributed by atoms with E-state index in [0.717, 1.165) is 0 Å². The smallest absolute Gasteiger partial charge is 0.310 e. The van der Waals surface area contributed by atoms with Crippen molar-refractivity contribution in [3.8, 4) is 0 Å². The van der Waals surface area contributed by atoms with Crippen LogP contribution in [0.1, 0.15) is 33.1 Å². The van der Waals surface area contributed by atoms with Crippen molar-refractivity contribution in [1.82, 2.24) is 0 Å². The highest BCUT2D eigenvalue weighted by Gasteiger charge is 2.60. The Balaban J connectivity index is 3.33. The summed E-state index contributed by atoms with van der Waals surface area (Å²) < 4.78 is 0. The van der Waals surface area contributed by atoms with Crippen molar-refractivity contribution in [2.45, 2.75) is 33.1 Å². The Bertz CT molecular complexity index is 348. The van der Waals surface area contributed by atoms with Crippen LogP contribution in [0, 0.1) is 16.7 Å². The van der Waals surface area contributed by atoms with Crippen LogP contribution in [0.4, 0.5) is 0 Å². The van der Waals surface area contributed by atoms with Crippen molar-refractivity contribution in [2.75, 3.05) is 0 Å². The third-order valence-corrected chi connectivity index (χ3v) is 3.89. The molecule has 2 unspecified atom stereocenters. The van der Waals surface area contributed by atoms with Gasteiger partial charge in [0.25, 0.3) is 0 Å². The van der Waals surface area contributed by atoms with Gasteiger partial charge in [-0.1, -0.05) is 6.42 Å². The third kappa shape index (κ3) is 1.87. The van der Waals surface area contributed by atoms with Gasteiger partial charge in [-0.15, -0.1) is 0 Å². The Morgan fingerprint density at radius 2 is 1.29 bits per heavy atom. The molecule has 0 bridgehead atoms.